The molecule has 5 heteroatoms. The first-order valence-corrected chi connectivity index (χ1v) is 8.56. The summed E-state index contributed by atoms with van der Waals surface area (Å²) < 4.78 is 5.36. The van der Waals surface area contributed by atoms with Crippen molar-refractivity contribution in [1.29, 1.82) is 0 Å². The first kappa shape index (κ1) is 16.6. The monoisotopic (exact) mass is 327 g/mol. The van der Waals surface area contributed by atoms with E-state index in [0.717, 1.165) is 43.7 Å². The number of carbonyl (C=O) groups excluding carboxylic acids is 1. The fourth-order valence-electron chi connectivity index (χ4n) is 3.45. The molecule has 0 saturated carbocycles. The number of hydrogen-bond acceptors (Lipinski definition) is 3. The highest BCUT2D eigenvalue weighted by atomic mass is 16.5. The molecule has 0 aliphatic carbocycles. The molecule has 2 heterocycles. The van der Waals surface area contributed by atoms with Crippen LogP contribution in [0.25, 0.3) is 0 Å². The van der Waals surface area contributed by atoms with Crippen LogP contribution in [0.3, 0.4) is 0 Å². The molecule has 1 amide bonds. The van der Waals surface area contributed by atoms with Gasteiger partial charge in [0, 0.05) is 24.3 Å². The summed E-state index contributed by atoms with van der Waals surface area (Å²) in [7, 11) is 1.65. The van der Waals surface area contributed by atoms with Crippen LogP contribution in [0.4, 0.5) is 0 Å². The average Bonchev–Trinajstić information content (AvgIpc) is 3.00. The van der Waals surface area contributed by atoms with Crippen LogP contribution in [-0.4, -0.2) is 41.2 Å². The summed E-state index contributed by atoms with van der Waals surface area (Å²) in [6.07, 6.45) is 5.46. The highest BCUT2D eigenvalue weighted by Crippen LogP contribution is 2.23. The third-order valence-corrected chi connectivity index (χ3v) is 4.83. The van der Waals surface area contributed by atoms with Gasteiger partial charge in [0.1, 0.15) is 5.75 Å². The van der Waals surface area contributed by atoms with Crippen LogP contribution in [0.1, 0.15) is 29.7 Å². The Hall–Kier alpha value is -2.30. The van der Waals surface area contributed by atoms with Crippen molar-refractivity contribution in [3.63, 3.8) is 0 Å². The van der Waals surface area contributed by atoms with Crippen molar-refractivity contribution in [3.05, 3.63) is 47.3 Å². The SMILES string of the molecule is COc1ccccc1CC(=O)N1CCCC(Cc2[nH]ncc2C)C1. The minimum absolute atomic E-state index is 0.186. The second-order valence-corrected chi connectivity index (χ2v) is 6.57. The first-order chi connectivity index (χ1) is 11.7. The van der Waals surface area contributed by atoms with Crippen molar-refractivity contribution in [2.24, 2.45) is 5.92 Å². The lowest BCUT2D eigenvalue weighted by Crippen LogP contribution is -2.41. The molecule has 128 valence electrons. The Kier molecular flexibility index (Phi) is 5.18. The summed E-state index contributed by atoms with van der Waals surface area (Å²) in [4.78, 5) is 14.7. The Labute approximate surface area is 143 Å². The van der Waals surface area contributed by atoms with Crippen molar-refractivity contribution in [3.8, 4) is 5.75 Å². The lowest BCUT2D eigenvalue weighted by Gasteiger charge is -2.33. The lowest BCUT2D eigenvalue weighted by molar-refractivity contribution is -0.132. The zero-order valence-corrected chi connectivity index (χ0v) is 14.4. The number of nitrogens with one attached hydrogen (secondary N) is 1. The van der Waals surface area contributed by atoms with Crippen LogP contribution in [0.2, 0.25) is 0 Å². The van der Waals surface area contributed by atoms with Crippen molar-refractivity contribution in [2.45, 2.75) is 32.6 Å². The summed E-state index contributed by atoms with van der Waals surface area (Å²) in [6, 6.07) is 7.75. The predicted octanol–water partition coefficient (Wildman–Crippen LogP) is 2.75. The number of benzene rings is 1. The molecule has 1 aliphatic heterocycles. The molecular formula is C19H25N3O2. The average molecular weight is 327 g/mol. The number of nitrogens with zero attached hydrogens (tertiary/aromatic N) is 2. The van der Waals surface area contributed by atoms with Gasteiger partial charge in [-0.05, 0) is 43.7 Å². The molecule has 3 rings (SSSR count). The van der Waals surface area contributed by atoms with Gasteiger partial charge in [0.15, 0.2) is 0 Å². The molecule has 5 nitrogen and oxygen atoms in total. The smallest absolute Gasteiger partial charge is 0.227 e. The van der Waals surface area contributed by atoms with E-state index >= 15 is 0 Å². The number of hydrogen-bond donors (Lipinski definition) is 1. The highest BCUT2D eigenvalue weighted by Gasteiger charge is 2.25. The fourth-order valence-corrected chi connectivity index (χ4v) is 3.45. The van der Waals surface area contributed by atoms with Gasteiger partial charge in [-0.1, -0.05) is 18.2 Å². The van der Waals surface area contributed by atoms with Gasteiger partial charge >= 0.3 is 0 Å². The van der Waals surface area contributed by atoms with Crippen molar-refractivity contribution >= 4 is 5.91 Å². The summed E-state index contributed by atoms with van der Waals surface area (Å²) in [5.74, 6) is 1.47. The third-order valence-electron chi connectivity index (χ3n) is 4.83. The standard InChI is InChI=1S/C19H25N3O2/c1-14-12-20-21-17(14)10-15-6-5-9-22(13-15)19(23)11-16-7-3-4-8-18(16)24-2/h3-4,7-8,12,15H,5-6,9-11,13H2,1-2H3,(H,20,21). The lowest BCUT2D eigenvalue weighted by atomic mass is 9.92. The molecule has 2 aromatic rings. The Bertz CT molecular complexity index is 695. The number of amides is 1. The Morgan fingerprint density at radius 1 is 1.42 bits per heavy atom. The number of piperidine rings is 1. The molecule has 1 fully saturated rings. The molecule has 1 N–H and O–H groups in total. The number of carbonyl (C=O) groups is 1. The maximum absolute atomic E-state index is 12.7. The van der Waals surface area contributed by atoms with Gasteiger partial charge in [-0.2, -0.15) is 5.10 Å². The highest BCUT2D eigenvalue weighted by molar-refractivity contribution is 5.79. The molecule has 1 unspecified atom stereocenters. The number of aryl methyl sites for hydroxylation is 1. The maximum atomic E-state index is 12.7. The second kappa shape index (κ2) is 7.51. The van der Waals surface area contributed by atoms with E-state index in [1.165, 1.54) is 11.3 Å². The summed E-state index contributed by atoms with van der Waals surface area (Å²) in [6.45, 7) is 3.76. The number of aromatic amines is 1. The van der Waals surface area contributed by atoms with Gasteiger partial charge in [0.05, 0.1) is 19.7 Å². The van der Waals surface area contributed by atoms with Crippen LogP contribution in [0.15, 0.2) is 30.5 Å². The summed E-state index contributed by atoms with van der Waals surface area (Å²) >= 11 is 0. The number of rotatable bonds is 5. The molecule has 0 spiro atoms. The van der Waals surface area contributed by atoms with Gasteiger partial charge in [0.2, 0.25) is 5.91 Å². The molecule has 24 heavy (non-hydrogen) atoms. The molecule has 1 saturated heterocycles. The minimum atomic E-state index is 0.186. The van der Waals surface area contributed by atoms with E-state index < -0.39 is 0 Å². The van der Waals surface area contributed by atoms with Gasteiger partial charge in [-0.3, -0.25) is 9.89 Å². The van der Waals surface area contributed by atoms with E-state index in [9.17, 15) is 4.79 Å². The largest absolute Gasteiger partial charge is 0.496 e. The second-order valence-electron chi connectivity index (χ2n) is 6.57. The number of H-pyrrole nitrogens is 1. The van der Waals surface area contributed by atoms with Crippen LogP contribution in [-0.2, 0) is 17.6 Å². The third kappa shape index (κ3) is 3.78. The van der Waals surface area contributed by atoms with Gasteiger partial charge in [-0.15, -0.1) is 0 Å². The predicted molar refractivity (Wildman–Crippen MR) is 93.0 cm³/mol. The van der Waals surface area contributed by atoms with Gasteiger partial charge < -0.3 is 9.64 Å². The quantitative estimate of drug-likeness (QED) is 0.918. The number of aromatic nitrogens is 2. The molecule has 1 aliphatic rings. The Morgan fingerprint density at radius 3 is 3.00 bits per heavy atom. The normalized spacial score (nSPS) is 17.8. The van der Waals surface area contributed by atoms with E-state index in [1.807, 2.05) is 35.4 Å². The minimum Gasteiger partial charge on any atom is -0.496 e. The zero-order chi connectivity index (χ0) is 16.9. The van der Waals surface area contributed by atoms with Crippen LogP contribution >= 0.6 is 0 Å². The zero-order valence-electron chi connectivity index (χ0n) is 14.4. The van der Waals surface area contributed by atoms with E-state index in [-0.39, 0.29) is 5.91 Å². The van der Waals surface area contributed by atoms with Crippen LogP contribution in [0, 0.1) is 12.8 Å². The number of ether oxygens (including phenoxy) is 1. The van der Waals surface area contributed by atoms with E-state index in [0.29, 0.717) is 12.3 Å². The summed E-state index contributed by atoms with van der Waals surface area (Å²) in [5, 5.41) is 7.18. The molecule has 0 bridgehead atoms. The molecule has 1 aromatic carbocycles. The van der Waals surface area contributed by atoms with E-state index in [4.69, 9.17) is 4.74 Å². The number of methoxy groups -OCH3 is 1. The van der Waals surface area contributed by atoms with E-state index in [2.05, 4.69) is 17.1 Å². The van der Waals surface area contributed by atoms with Crippen LogP contribution < -0.4 is 4.74 Å². The number of para-hydroxylation sites is 1. The topological polar surface area (TPSA) is 58.2 Å². The first-order valence-electron chi connectivity index (χ1n) is 8.56. The van der Waals surface area contributed by atoms with Crippen molar-refractivity contribution in [2.75, 3.05) is 20.2 Å². The summed E-state index contributed by atoms with van der Waals surface area (Å²) in [5.41, 5.74) is 3.35. The van der Waals surface area contributed by atoms with Gasteiger partial charge in [-0.25, -0.2) is 0 Å². The van der Waals surface area contributed by atoms with Gasteiger partial charge in [0.25, 0.3) is 0 Å². The fraction of sp³-hybridized carbons (Fsp3) is 0.474. The van der Waals surface area contributed by atoms with Crippen molar-refractivity contribution in [1.82, 2.24) is 15.1 Å². The molecular weight excluding hydrogens is 302 g/mol. The van der Waals surface area contributed by atoms with Crippen LogP contribution in [0.5, 0.6) is 5.75 Å². The Balaban J connectivity index is 1.61. The maximum Gasteiger partial charge on any atom is 0.227 e. The molecule has 0 radical (unpaired) electrons. The van der Waals surface area contributed by atoms with Crippen molar-refractivity contribution < 1.29 is 9.53 Å². The van der Waals surface area contributed by atoms with E-state index in [1.54, 1.807) is 7.11 Å². The molecule has 1 aromatic heterocycles. The number of likely N-dealkylation sites (tertiary alicyclic amines) is 1. The molecule has 1 atom stereocenters. The Morgan fingerprint density at radius 2 is 2.25 bits per heavy atom.